The van der Waals surface area contributed by atoms with Gasteiger partial charge in [-0.05, 0) is 37.7 Å². The molecule has 6 rings (SSSR count). The van der Waals surface area contributed by atoms with Crippen molar-refractivity contribution >= 4 is 28.6 Å². The van der Waals surface area contributed by atoms with Gasteiger partial charge in [-0.25, -0.2) is 9.59 Å². The molecule has 0 bridgehead atoms. The Morgan fingerprint density at radius 1 is 1.03 bits per heavy atom. The Morgan fingerprint density at radius 3 is 2.69 bits per heavy atom. The van der Waals surface area contributed by atoms with Crippen LogP contribution in [-0.2, 0) is 29.0 Å². The Kier molecular flexibility index (Phi) is 5.51. The van der Waals surface area contributed by atoms with Crippen molar-refractivity contribution < 1.29 is 24.0 Å². The number of Topliss-reactive ketones (excluding diaryl/α,β-unsaturated/α-hetero) is 1. The fourth-order valence-electron chi connectivity index (χ4n) is 5.74. The van der Waals surface area contributed by atoms with Gasteiger partial charge in [0.2, 0.25) is 0 Å². The third kappa shape index (κ3) is 4.07. The van der Waals surface area contributed by atoms with Crippen LogP contribution in [-0.4, -0.2) is 32.0 Å². The summed E-state index contributed by atoms with van der Waals surface area (Å²) >= 11 is 0. The van der Waals surface area contributed by atoms with E-state index in [9.17, 15) is 14.4 Å². The zero-order chi connectivity index (χ0) is 23.9. The van der Waals surface area contributed by atoms with E-state index in [1.54, 1.807) is 0 Å². The molecule has 1 saturated carbocycles. The normalized spacial score (nSPS) is 21.4. The zero-order valence-electron chi connectivity index (χ0n) is 19.4. The molecule has 1 fully saturated rings. The average Bonchev–Trinajstić information content (AvgIpc) is 3.39. The summed E-state index contributed by atoms with van der Waals surface area (Å²) in [7, 11) is 0. The molecule has 3 heterocycles. The monoisotopic (exact) mass is 473 g/mol. The second-order valence-corrected chi connectivity index (χ2v) is 9.77. The first kappa shape index (κ1) is 21.8. The molecular formula is C27H27N3O5. The van der Waals surface area contributed by atoms with Crippen molar-refractivity contribution in [1.82, 2.24) is 14.3 Å². The molecule has 2 aromatic heterocycles. The van der Waals surface area contributed by atoms with Gasteiger partial charge in [0.25, 0.3) is 0 Å². The van der Waals surface area contributed by atoms with Crippen molar-refractivity contribution in [3.63, 3.8) is 0 Å². The Labute approximate surface area is 202 Å². The minimum absolute atomic E-state index is 0.0742. The van der Waals surface area contributed by atoms with Crippen LogP contribution < -0.4 is 9.57 Å². The molecular weight excluding hydrogens is 446 g/mol. The Morgan fingerprint density at radius 2 is 1.83 bits per heavy atom. The van der Waals surface area contributed by atoms with E-state index in [0.717, 1.165) is 35.2 Å². The van der Waals surface area contributed by atoms with Crippen LogP contribution >= 0.6 is 0 Å². The van der Waals surface area contributed by atoms with Crippen LogP contribution in [0.4, 0.5) is 0 Å². The highest BCUT2D eigenvalue weighted by Crippen LogP contribution is 2.34. The third-order valence-corrected chi connectivity index (χ3v) is 7.49. The quantitative estimate of drug-likeness (QED) is 0.422. The number of imidazole rings is 1. The summed E-state index contributed by atoms with van der Waals surface area (Å²) < 4.78 is 8.67. The predicted molar refractivity (Wildman–Crippen MR) is 127 cm³/mol. The minimum Gasteiger partial charge on any atom is -0.387 e. The van der Waals surface area contributed by atoms with Crippen molar-refractivity contribution in [1.29, 1.82) is 0 Å². The van der Waals surface area contributed by atoms with Crippen molar-refractivity contribution in [3.8, 4) is 6.01 Å². The highest BCUT2D eigenvalue weighted by atomic mass is 16.7. The van der Waals surface area contributed by atoms with Crippen LogP contribution in [0.15, 0.2) is 42.6 Å². The largest absolute Gasteiger partial charge is 0.387 e. The Balaban J connectivity index is 1.28. The van der Waals surface area contributed by atoms with E-state index in [1.165, 1.54) is 36.8 Å². The van der Waals surface area contributed by atoms with Gasteiger partial charge in [-0.2, -0.15) is 4.98 Å². The number of hydrogen-bond donors (Lipinski definition) is 0. The summed E-state index contributed by atoms with van der Waals surface area (Å²) in [6, 6.07) is 8.06. The number of ketones is 1. The minimum atomic E-state index is -0.691. The molecule has 0 amide bonds. The van der Waals surface area contributed by atoms with Gasteiger partial charge in [0.15, 0.2) is 5.78 Å². The molecule has 1 aliphatic heterocycles. The number of nitrogens with zero attached hydrogens (tertiary/aromatic N) is 3. The van der Waals surface area contributed by atoms with Crippen LogP contribution in [0.1, 0.15) is 60.3 Å². The molecule has 3 aliphatic rings. The molecule has 8 heteroatoms. The summed E-state index contributed by atoms with van der Waals surface area (Å²) in [4.78, 5) is 47.2. The lowest BCUT2D eigenvalue weighted by Gasteiger charge is -2.22. The number of hydrogen-bond acceptors (Lipinski definition) is 6. The van der Waals surface area contributed by atoms with Crippen LogP contribution in [0, 0.1) is 11.8 Å². The summed E-state index contributed by atoms with van der Waals surface area (Å²) in [5.41, 5.74) is 3.15. The third-order valence-electron chi connectivity index (χ3n) is 7.49. The van der Waals surface area contributed by atoms with Gasteiger partial charge >= 0.3 is 17.9 Å². The molecule has 1 atom stereocenters. The lowest BCUT2D eigenvalue weighted by Crippen LogP contribution is -2.27. The van der Waals surface area contributed by atoms with Gasteiger partial charge in [0.1, 0.15) is 0 Å². The molecule has 3 aromatic rings. The van der Waals surface area contributed by atoms with Crippen molar-refractivity contribution in [2.24, 2.45) is 11.8 Å². The van der Waals surface area contributed by atoms with Crippen LogP contribution in [0.3, 0.4) is 0 Å². The highest BCUT2D eigenvalue weighted by molar-refractivity contribution is 6.09. The van der Waals surface area contributed by atoms with Gasteiger partial charge in [-0.3, -0.25) is 4.79 Å². The second-order valence-electron chi connectivity index (χ2n) is 9.77. The number of rotatable bonds is 4. The van der Waals surface area contributed by atoms with E-state index in [4.69, 9.17) is 9.57 Å². The fourth-order valence-corrected chi connectivity index (χ4v) is 5.74. The van der Waals surface area contributed by atoms with Crippen molar-refractivity contribution in [3.05, 3.63) is 59.6 Å². The standard InChI is InChI=1S/C27H27N3O5/c31-24-12-13-25(32)35-30-23-11-10-18(14-21(23)28-27(30)34-24)26(33)20-16-29(15-17-6-2-1-3-7-17)22-9-5-4-8-19(20)22/h4-5,8-9,12-13,16-18H,1-3,6-7,10-11,14-15H2/b13-12+. The van der Waals surface area contributed by atoms with E-state index >= 15 is 0 Å². The molecule has 2 aliphatic carbocycles. The fraction of sp³-hybridized carbons (Fsp3) is 0.407. The summed E-state index contributed by atoms with van der Waals surface area (Å²) in [6.07, 6.45) is 12.0. The first-order valence-electron chi connectivity index (χ1n) is 12.4. The lowest BCUT2D eigenvalue weighted by molar-refractivity contribution is -0.143. The van der Waals surface area contributed by atoms with E-state index in [2.05, 4.69) is 15.6 Å². The van der Waals surface area contributed by atoms with Crippen LogP contribution in [0.5, 0.6) is 6.01 Å². The summed E-state index contributed by atoms with van der Waals surface area (Å²) in [6.45, 7) is 0.946. The number of ether oxygens (including phenoxy) is 1. The van der Waals surface area contributed by atoms with Gasteiger partial charge in [0.05, 0.1) is 11.4 Å². The number of benzene rings is 1. The van der Waals surface area contributed by atoms with E-state index < -0.39 is 11.9 Å². The number of fused-ring (bicyclic) bond motifs is 4. The number of carbonyl (C=O) groups excluding carboxylic acids is 3. The van der Waals surface area contributed by atoms with Crippen LogP contribution in [0.2, 0.25) is 0 Å². The Hall–Kier alpha value is -3.68. The number of aromatic nitrogens is 3. The molecule has 8 nitrogen and oxygen atoms in total. The van der Waals surface area contributed by atoms with Crippen molar-refractivity contribution in [2.45, 2.75) is 57.9 Å². The Bertz CT molecular complexity index is 1360. The van der Waals surface area contributed by atoms with Gasteiger partial charge in [-0.15, -0.1) is 4.73 Å². The van der Waals surface area contributed by atoms with Crippen molar-refractivity contribution in [2.75, 3.05) is 0 Å². The summed E-state index contributed by atoms with van der Waals surface area (Å²) in [5.74, 6) is -0.854. The zero-order valence-corrected chi connectivity index (χ0v) is 19.4. The molecule has 1 unspecified atom stereocenters. The number of esters is 1. The molecule has 0 N–H and O–H groups in total. The summed E-state index contributed by atoms with van der Waals surface area (Å²) in [5, 5.41) is 0.991. The lowest BCUT2D eigenvalue weighted by atomic mass is 9.84. The maximum absolute atomic E-state index is 13.8. The first-order chi connectivity index (χ1) is 17.1. The topological polar surface area (TPSA) is 92.4 Å². The molecule has 0 spiro atoms. The molecule has 180 valence electrons. The average molecular weight is 474 g/mol. The van der Waals surface area contributed by atoms with Gasteiger partial charge < -0.3 is 14.1 Å². The van der Waals surface area contributed by atoms with E-state index in [0.29, 0.717) is 36.6 Å². The van der Waals surface area contributed by atoms with Gasteiger partial charge in [-0.1, -0.05) is 37.5 Å². The maximum Gasteiger partial charge on any atom is 0.356 e. The smallest absolute Gasteiger partial charge is 0.356 e. The first-order valence-corrected chi connectivity index (χ1v) is 12.4. The number of para-hydroxylation sites is 1. The molecule has 35 heavy (non-hydrogen) atoms. The maximum atomic E-state index is 13.8. The second kappa shape index (κ2) is 8.83. The SMILES string of the molecule is O=C1/C=C/C(=O)On2c(nc3c2CCC(C(=O)c2cn(CC4CCCCC4)c4ccccc24)C3)O1. The predicted octanol–water partition coefficient (Wildman–Crippen LogP) is 3.84. The van der Waals surface area contributed by atoms with E-state index in [1.807, 2.05) is 24.4 Å². The molecule has 0 saturated heterocycles. The molecule has 1 aromatic carbocycles. The number of carbonyl (C=O) groups is 3. The highest BCUT2D eigenvalue weighted by Gasteiger charge is 2.34. The molecule has 0 radical (unpaired) electrons. The van der Waals surface area contributed by atoms with Crippen LogP contribution in [0.25, 0.3) is 10.9 Å². The van der Waals surface area contributed by atoms with E-state index in [-0.39, 0.29) is 17.7 Å². The van der Waals surface area contributed by atoms with Gasteiger partial charge in [0, 0.05) is 53.7 Å².